The summed E-state index contributed by atoms with van der Waals surface area (Å²) in [6.07, 6.45) is 8.21. The highest BCUT2D eigenvalue weighted by molar-refractivity contribution is 5.98. The quantitative estimate of drug-likeness (QED) is 0.691. The van der Waals surface area contributed by atoms with Crippen molar-refractivity contribution in [2.45, 2.75) is 63.6 Å². The molecule has 0 spiro atoms. The fourth-order valence-electron chi connectivity index (χ4n) is 4.77. The largest absolute Gasteiger partial charge is 0.389 e. The van der Waals surface area contributed by atoms with E-state index >= 15 is 0 Å². The van der Waals surface area contributed by atoms with Crippen molar-refractivity contribution >= 4 is 11.8 Å². The summed E-state index contributed by atoms with van der Waals surface area (Å²) >= 11 is 0. The number of piperidine rings is 1. The van der Waals surface area contributed by atoms with Crippen molar-refractivity contribution < 1.29 is 14.7 Å². The van der Waals surface area contributed by atoms with Gasteiger partial charge in [-0.05, 0) is 51.1 Å². The molecule has 0 aromatic carbocycles. The number of nitrogens with zero attached hydrogens (tertiary/aromatic N) is 3. The van der Waals surface area contributed by atoms with Gasteiger partial charge in [-0.1, -0.05) is 12.8 Å². The summed E-state index contributed by atoms with van der Waals surface area (Å²) in [7, 11) is 0. The van der Waals surface area contributed by atoms with Crippen LogP contribution in [-0.4, -0.2) is 69.9 Å². The van der Waals surface area contributed by atoms with E-state index in [0.29, 0.717) is 18.2 Å². The lowest BCUT2D eigenvalue weighted by molar-refractivity contribution is 0.0930. The molecule has 1 aromatic rings. The summed E-state index contributed by atoms with van der Waals surface area (Å²) in [6, 6.07) is 2.32. The molecule has 2 amide bonds. The van der Waals surface area contributed by atoms with Gasteiger partial charge in [0.25, 0.3) is 11.8 Å². The smallest absolute Gasteiger partial charge is 0.271 e. The number of aliphatic hydroxyl groups is 1. The molecule has 8 heteroatoms. The van der Waals surface area contributed by atoms with E-state index in [1.807, 2.05) is 0 Å². The Balaban J connectivity index is 1.23. The first kappa shape index (κ1) is 19.4. The molecule has 3 aliphatic rings. The van der Waals surface area contributed by atoms with Gasteiger partial charge in [-0.15, -0.1) is 0 Å². The van der Waals surface area contributed by atoms with Crippen molar-refractivity contribution in [1.29, 1.82) is 0 Å². The van der Waals surface area contributed by atoms with E-state index in [4.69, 9.17) is 0 Å². The van der Waals surface area contributed by atoms with E-state index < -0.39 is 6.10 Å². The number of likely N-dealkylation sites (tertiary alicyclic amines) is 1. The number of hydrogen-bond donors (Lipinski definition) is 3. The molecule has 1 aromatic heterocycles. The van der Waals surface area contributed by atoms with Crippen LogP contribution in [-0.2, 0) is 6.54 Å². The van der Waals surface area contributed by atoms with Crippen molar-refractivity contribution in [1.82, 2.24) is 25.3 Å². The van der Waals surface area contributed by atoms with Crippen LogP contribution in [0.1, 0.15) is 65.9 Å². The maximum atomic E-state index is 12.4. The zero-order chi connectivity index (χ0) is 19.5. The molecule has 4 rings (SSSR count). The second-order valence-corrected chi connectivity index (χ2v) is 8.42. The summed E-state index contributed by atoms with van der Waals surface area (Å²) in [4.78, 5) is 27.1. The number of β-amino-alcohol motifs (C(OH)–C–C–N with tert-alkyl or cyclic N) is 1. The van der Waals surface area contributed by atoms with Crippen LogP contribution in [0.4, 0.5) is 0 Å². The fourth-order valence-corrected chi connectivity index (χ4v) is 4.77. The average molecular weight is 390 g/mol. The highest BCUT2D eigenvalue weighted by atomic mass is 16.3. The molecule has 2 aliphatic heterocycles. The molecule has 28 heavy (non-hydrogen) atoms. The zero-order valence-corrected chi connectivity index (χ0v) is 16.4. The summed E-state index contributed by atoms with van der Waals surface area (Å²) in [5, 5.41) is 19.6. The normalized spacial score (nSPS) is 24.6. The van der Waals surface area contributed by atoms with Crippen LogP contribution in [0.2, 0.25) is 0 Å². The van der Waals surface area contributed by atoms with E-state index in [9.17, 15) is 14.7 Å². The Labute approximate surface area is 165 Å². The number of aromatic nitrogens is 2. The zero-order valence-electron chi connectivity index (χ0n) is 16.4. The predicted octanol–water partition coefficient (Wildman–Crippen LogP) is 0.762. The molecule has 154 valence electrons. The molecule has 0 radical (unpaired) electrons. The van der Waals surface area contributed by atoms with Crippen LogP contribution < -0.4 is 10.6 Å². The Hall–Kier alpha value is -1.93. The van der Waals surface area contributed by atoms with Crippen molar-refractivity contribution in [2.24, 2.45) is 5.92 Å². The molecular weight excluding hydrogens is 358 g/mol. The van der Waals surface area contributed by atoms with E-state index in [1.165, 1.54) is 62.4 Å². The molecule has 2 fully saturated rings. The topological polar surface area (TPSA) is 99.5 Å². The number of hydrogen-bond acceptors (Lipinski definition) is 5. The van der Waals surface area contributed by atoms with Crippen LogP contribution in [0.25, 0.3) is 0 Å². The number of aliphatic hydroxyl groups excluding tert-OH is 1. The number of carbonyl (C=O) groups excluding carboxylic acids is 2. The third-order valence-electron chi connectivity index (χ3n) is 6.46. The lowest BCUT2D eigenvalue weighted by atomic mass is 9.92. The van der Waals surface area contributed by atoms with Gasteiger partial charge in [-0.2, -0.15) is 5.10 Å². The Morgan fingerprint density at radius 3 is 2.75 bits per heavy atom. The van der Waals surface area contributed by atoms with Crippen molar-refractivity contribution in [3.63, 3.8) is 0 Å². The first-order chi connectivity index (χ1) is 13.6. The summed E-state index contributed by atoms with van der Waals surface area (Å²) in [5.74, 6) is 0.0981. The summed E-state index contributed by atoms with van der Waals surface area (Å²) in [6.45, 7) is 3.41. The number of amides is 2. The van der Waals surface area contributed by atoms with Gasteiger partial charge < -0.3 is 20.6 Å². The summed E-state index contributed by atoms with van der Waals surface area (Å²) in [5.41, 5.74) is 0.552. The second-order valence-electron chi connectivity index (χ2n) is 8.42. The van der Waals surface area contributed by atoms with Gasteiger partial charge in [0, 0.05) is 25.2 Å². The highest BCUT2D eigenvalue weighted by Crippen LogP contribution is 2.28. The first-order valence-electron chi connectivity index (χ1n) is 10.7. The van der Waals surface area contributed by atoms with Gasteiger partial charge in [-0.25, -0.2) is 0 Å². The van der Waals surface area contributed by atoms with Gasteiger partial charge in [0.1, 0.15) is 5.69 Å². The van der Waals surface area contributed by atoms with Crippen LogP contribution in [0.5, 0.6) is 0 Å². The van der Waals surface area contributed by atoms with Crippen LogP contribution in [0.3, 0.4) is 0 Å². The van der Waals surface area contributed by atoms with Gasteiger partial charge in [0.2, 0.25) is 0 Å². The van der Waals surface area contributed by atoms with Gasteiger partial charge in [0.15, 0.2) is 5.69 Å². The number of nitrogens with one attached hydrogen (secondary N) is 2. The summed E-state index contributed by atoms with van der Waals surface area (Å²) < 4.78 is 1.42. The Kier molecular flexibility index (Phi) is 5.96. The third-order valence-corrected chi connectivity index (χ3v) is 6.46. The van der Waals surface area contributed by atoms with Crippen molar-refractivity contribution in [3.8, 4) is 0 Å². The molecular formula is C20H31N5O3. The minimum absolute atomic E-state index is 0.198. The maximum Gasteiger partial charge on any atom is 0.271 e. The Morgan fingerprint density at radius 1 is 1.25 bits per heavy atom. The Morgan fingerprint density at radius 2 is 2.00 bits per heavy atom. The molecule has 0 bridgehead atoms. The number of rotatable bonds is 5. The lowest BCUT2D eigenvalue weighted by Gasteiger charge is -2.36. The van der Waals surface area contributed by atoms with E-state index in [0.717, 1.165) is 12.5 Å². The average Bonchev–Trinajstić information content (AvgIpc) is 3.35. The first-order valence-corrected chi connectivity index (χ1v) is 10.7. The maximum absolute atomic E-state index is 12.4. The molecule has 1 saturated carbocycles. The standard InChI is InChI=1S/C20H31N5O3/c26-16-12-22-20(28)18-11-17(23-25(18)13-16)19(27)21-8-5-14-6-9-24(10-7-14)15-3-1-2-4-15/h11,14-16,26H,1-10,12-13H2,(H,21,27)(H,22,28). The third kappa shape index (κ3) is 4.38. The molecule has 1 saturated heterocycles. The van der Waals surface area contributed by atoms with Crippen molar-refractivity contribution in [3.05, 3.63) is 17.5 Å². The Bertz CT molecular complexity index is 705. The van der Waals surface area contributed by atoms with Crippen LogP contribution in [0, 0.1) is 5.92 Å². The predicted molar refractivity (Wildman–Crippen MR) is 104 cm³/mol. The molecule has 1 unspecified atom stereocenters. The fraction of sp³-hybridized carbons (Fsp3) is 0.750. The molecule has 1 aliphatic carbocycles. The van der Waals surface area contributed by atoms with Gasteiger partial charge in [0.05, 0.1) is 12.6 Å². The van der Waals surface area contributed by atoms with E-state index in [1.54, 1.807) is 0 Å². The molecule has 3 heterocycles. The monoisotopic (exact) mass is 389 g/mol. The SMILES string of the molecule is O=C(NCCC1CCN(C2CCCC2)CC1)c1cc2n(n1)CC(O)CNC2=O. The molecule has 8 nitrogen and oxygen atoms in total. The molecule has 1 atom stereocenters. The lowest BCUT2D eigenvalue weighted by Crippen LogP contribution is -2.40. The number of fused-ring (bicyclic) bond motifs is 1. The minimum Gasteiger partial charge on any atom is -0.389 e. The van der Waals surface area contributed by atoms with Crippen LogP contribution >= 0.6 is 0 Å². The molecule has 3 N–H and O–H groups in total. The second kappa shape index (κ2) is 8.61. The minimum atomic E-state index is -0.698. The highest BCUT2D eigenvalue weighted by Gasteiger charge is 2.27. The van der Waals surface area contributed by atoms with Crippen LogP contribution in [0.15, 0.2) is 6.07 Å². The van der Waals surface area contributed by atoms with E-state index in [-0.39, 0.29) is 30.6 Å². The van der Waals surface area contributed by atoms with Gasteiger partial charge in [-0.3, -0.25) is 14.3 Å². The number of carbonyl (C=O) groups is 2. The van der Waals surface area contributed by atoms with Gasteiger partial charge >= 0.3 is 0 Å². The van der Waals surface area contributed by atoms with Crippen molar-refractivity contribution in [2.75, 3.05) is 26.2 Å². The van der Waals surface area contributed by atoms with E-state index in [2.05, 4.69) is 20.6 Å².